The summed E-state index contributed by atoms with van der Waals surface area (Å²) in [5.74, 6) is 1.03. The van der Waals surface area contributed by atoms with Crippen LogP contribution in [0.25, 0.3) is 0 Å². The largest absolute Gasteiger partial charge is 0.439 e. The van der Waals surface area contributed by atoms with Crippen molar-refractivity contribution in [3.05, 3.63) is 76.6 Å². The minimum absolute atomic E-state index is 0.161. The minimum Gasteiger partial charge on any atom is -0.439 e. The predicted molar refractivity (Wildman–Crippen MR) is 148 cm³/mol. The molecule has 1 N–H and O–H groups in total. The summed E-state index contributed by atoms with van der Waals surface area (Å²) in [6.07, 6.45) is -3.29. The lowest BCUT2D eigenvalue weighted by molar-refractivity contribution is -0.138. The van der Waals surface area contributed by atoms with Crippen LogP contribution in [-0.4, -0.2) is 77.5 Å². The van der Waals surface area contributed by atoms with Crippen molar-refractivity contribution in [3.63, 3.8) is 0 Å². The molecule has 0 atom stereocenters. The highest BCUT2D eigenvalue weighted by Crippen LogP contribution is 2.34. The van der Waals surface area contributed by atoms with Crippen molar-refractivity contribution in [1.82, 2.24) is 19.8 Å². The van der Waals surface area contributed by atoms with E-state index < -0.39 is 11.7 Å². The first-order valence-corrected chi connectivity index (χ1v) is 13.8. The number of anilines is 1. The molecule has 0 saturated carbocycles. The minimum atomic E-state index is -4.51. The Bertz CT molecular complexity index is 1370. The van der Waals surface area contributed by atoms with E-state index in [4.69, 9.17) is 9.47 Å². The first-order chi connectivity index (χ1) is 19.7. The number of benzene rings is 2. The molecule has 0 spiro atoms. The molecule has 218 valence electrons. The lowest BCUT2D eigenvalue weighted by atomic mass is 9.97. The molecule has 2 aromatic carbocycles. The average molecular weight is 570 g/mol. The summed E-state index contributed by atoms with van der Waals surface area (Å²) in [7, 11) is 0. The number of nitrogens with zero attached hydrogens (tertiary/aromatic N) is 4. The molecule has 2 saturated heterocycles. The highest BCUT2D eigenvalue weighted by molar-refractivity contribution is 5.98. The molecule has 5 rings (SSSR count). The Kier molecular flexibility index (Phi) is 8.86. The molecule has 0 bridgehead atoms. The van der Waals surface area contributed by atoms with Gasteiger partial charge in [0.05, 0.1) is 24.8 Å². The zero-order valence-corrected chi connectivity index (χ0v) is 23.2. The number of aryl methyl sites for hydroxylation is 1. The number of ketones is 1. The summed E-state index contributed by atoms with van der Waals surface area (Å²) in [5.41, 5.74) is 0.988. The van der Waals surface area contributed by atoms with Crippen LogP contribution in [0.2, 0.25) is 0 Å². The number of alkyl halides is 3. The Morgan fingerprint density at radius 3 is 2.49 bits per heavy atom. The van der Waals surface area contributed by atoms with E-state index in [1.165, 1.54) is 12.4 Å². The topological polar surface area (TPSA) is 79.8 Å². The zero-order chi connectivity index (χ0) is 29.0. The highest BCUT2D eigenvalue weighted by atomic mass is 19.4. The van der Waals surface area contributed by atoms with Gasteiger partial charge >= 0.3 is 6.18 Å². The van der Waals surface area contributed by atoms with E-state index >= 15 is 0 Å². The van der Waals surface area contributed by atoms with Crippen LogP contribution >= 0.6 is 0 Å². The number of hydrogen-bond donors (Lipinski definition) is 1. The summed E-state index contributed by atoms with van der Waals surface area (Å²) in [6.45, 7) is 9.45. The predicted octanol–water partition coefficient (Wildman–Crippen LogP) is 4.97. The van der Waals surface area contributed by atoms with Gasteiger partial charge in [0.1, 0.15) is 17.9 Å². The number of likely N-dealkylation sites (N-methyl/N-ethyl adjacent to an activating group) is 1. The molecule has 2 aliphatic heterocycles. The van der Waals surface area contributed by atoms with E-state index in [-0.39, 0.29) is 30.4 Å². The zero-order valence-electron chi connectivity index (χ0n) is 23.2. The standard InChI is InChI=1S/C30H34F3N5O3/c1-3-37-8-10-38(11-9-37)16-23-7-5-21(12-25(23)30(31,32)33)13-26(39)22-6-4-20(2)27(14-22)41-29-15-28(34-19-35-29)36-24-17-40-18-24/h4-7,12,14-15,19,24H,3,8-11,13,16-18H2,1-2H3,(H,34,35,36). The molecule has 0 amide bonds. The summed E-state index contributed by atoms with van der Waals surface area (Å²) < 4.78 is 53.2. The number of halogens is 3. The Morgan fingerprint density at radius 1 is 1.05 bits per heavy atom. The fourth-order valence-corrected chi connectivity index (χ4v) is 4.93. The molecule has 0 unspecified atom stereocenters. The molecule has 8 nitrogen and oxygen atoms in total. The quantitative estimate of drug-likeness (QED) is 0.343. The Hall–Kier alpha value is -3.54. The van der Waals surface area contributed by atoms with E-state index in [0.717, 1.165) is 44.4 Å². The fraction of sp³-hybridized carbons (Fsp3) is 0.433. The van der Waals surface area contributed by atoms with Gasteiger partial charge in [0.25, 0.3) is 0 Å². The van der Waals surface area contributed by atoms with Gasteiger partial charge in [0.15, 0.2) is 5.78 Å². The lowest BCUT2D eigenvalue weighted by Crippen LogP contribution is -2.45. The van der Waals surface area contributed by atoms with E-state index in [0.29, 0.717) is 41.8 Å². The lowest BCUT2D eigenvalue weighted by Gasteiger charge is -2.34. The number of aromatic nitrogens is 2. The molecular formula is C30H34F3N5O3. The monoisotopic (exact) mass is 569 g/mol. The number of Topliss-reactive ketones (excluding diaryl/α,β-unsaturated/α-hetero) is 1. The molecule has 3 aromatic rings. The molecule has 0 aliphatic carbocycles. The number of carbonyl (C=O) groups excluding carboxylic acids is 1. The van der Waals surface area contributed by atoms with Crippen LogP contribution in [0.4, 0.5) is 19.0 Å². The van der Waals surface area contributed by atoms with E-state index in [1.807, 2.05) is 11.8 Å². The number of hydrogen-bond acceptors (Lipinski definition) is 8. The Labute approximate surface area is 237 Å². The summed E-state index contributed by atoms with van der Waals surface area (Å²) >= 11 is 0. The fourth-order valence-electron chi connectivity index (χ4n) is 4.93. The average Bonchev–Trinajstić information content (AvgIpc) is 2.93. The van der Waals surface area contributed by atoms with Gasteiger partial charge in [-0.2, -0.15) is 13.2 Å². The maximum absolute atomic E-state index is 14.0. The first kappa shape index (κ1) is 29.0. The Balaban J connectivity index is 1.28. The van der Waals surface area contributed by atoms with Crippen molar-refractivity contribution in [2.24, 2.45) is 0 Å². The number of piperazine rings is 1. The summed E-state index contributed by atoms with van der Waals surface area (Å²) in [4.78, 5) is 25.9. The van der Waals surface area contributed by atoms with E-state index in [1.54, 1.807) is 30.3 Å². The molecule has 41 heavy (non-hydrogen) atoms. The van der Waals surface area contributed by atoms with Gasteiger partial charge in [0.2, 0.25) is 5.88 Å². The van der Waals surface area contributed by atoms with Gasteiger partial charge in [-0.15, -0.1) is 0 Å². The molecule has 1 aromatic heterocycles. The van der Waals surface area contributed by atoms with Gasteiger partial charge in [-0.05, 0) is 42.3 Å². The summed E-state index contributed by atoms with van der Waals surface area (Å²) in [5, 5.41) is 3.23. The number of ether oxygens (including phenoxy) is 2. The number of carbonyl (C=O) groups is 1. The second kappa shape index (κ2) is 12.5. The van der Waals surface area contributed by atoms with Crippen LogP contribution < -0.4 is 10.1 Å². The molecule has 11 heteroatoms. The number of rotatable bonds is 10. The van der Waals surface area contributed by atoms with Crippen LogP contribution in [0.5, 0.6) is 11.6 Å². The second-order valence-electron chi connectivity index (χ2n) is 10.5. The highest BCUT2D eigenvalue weighted by Gasteiger charge is 2.34. The van der Waals surface area contributed by atoms with Crippen molar-refractivity contribution >= 4 is 11.6 Å². The van der Waals surface area contributed by atoms with Crippen LogP contribution in [-0.2, 0) is 23.9 Å². The van der Waals surface area contributed by atoms with Crippen molar-refractivity contribution in [2.75, 3.05) is 51.3 Å². The van der Waals surface area contributed by atoms with Gasteiger partial charge in [-0.3, -0.25) is 9.69 Å². The SMILES string of the molecule is CCN1CCN(Cc2ccc(CC(=O)c3ccc(C)c(Oc4cc(NC5COC5)ncn4)c3)cc2C(F)(F)F)CC1. The smallest absolute Gasteiger partial charge is 0.416 e. The van der Waals surface area contributed by atoms with Crippen molar-refractivity contribution in [3.8, 4) is 11.6 Å². The summed E-state index contributed by atoms with van der Waals surface area (Å²) in [6, 6.07) is 11.1. The van der Waals surface area contributed by atoms with Crippen molar-refractivity contribution < 1.29 is 27.4 Å². The third-order valence-corrected chi connectivity index (χ3v) is 7.51. The van der Waals surface area contributed by atoms with E-state index in [9.17, 15) is 18.0 Å². The Morgan fingerprint density at radius 2 is 1.80 bits per heavy atom. The van der Waals surface area contributed by atoms with Gasteiger partial charge < -0.3 is 19.7 Å². The molecule has 3 heterocycles. The molecule has 0 radical (unpaired) electrons. The van der Waals surface area contributed by atoms with Gasteiger partial charge in [-0.25, -0.2) is 9.97 Å². The normalized spacial score (nSPS) is 16.8. The van der Waals surface area contributed by atoms with Crippen molar-refractivity contribution in [1.29, 1.82) is 0 Å². The van der Waals surface area contributed by atoms with E-state index in [2.05, 4.69) is 27.1 Å². The third-order valence-electron chi connectivity index (χ3n) is 7.51. The van der Waals surface area contributed by atoms with Crippen LogP contribution in [0.15, 0.2) is 48.8 Å². The van der Waals surface area contributed by atoms with Gasteiger partial charge in [-0.1, -0.05) is 31.2 Å². The molecule has 2 fully saturated rings. The maximum Gasteiger partial charge on any atom is 0.416 e. The molecule has 2 aliphatic rings. The second-order valence-corrected chi connectivity index (χ2v) is 10.5. The van der Waals surface area contributed by atoms with Crippen LogP contribution in [0, 0.1) is 6.92 Å². The van der Waals surface area contributed by atoms with Crippen molar-refractivity contribution in [2.45, 2.75) is 39.0 Å². The first-order valence-electron chi connectivity index (χ1n) is 13.8. The maximum atomic E-state index is 14.0. The molecular weight excluding hydrogens is 535 g/mol. The number of nitrogens with one attached hydrogen (secondary N) is 1. The third kappa shape index (κ3) is 7.41. The van der Waals surface area contributed by atoms with Crippen LogP contribution in [0.1, 0.15) is 39.5 Å². The van der Waals surface area contributed by atoms with Gasteiger partial charge in [0, 0.05) is 50.8 Å². The van der Waals surface area contributed by atoms with Crippen LogP contribution in [0.3, 0.4) is 0 Å².